The second-order valence-electron chi connectivity index (χ2n) is 5.45. The molecule has 0 bridgehead atoms. The van der Waals surface area contributed by atoms with Gasteiger partial charge in [0.1, 0.15) is 6.61 Å². The Balaban J connectivity index is 1.99. The molecule has 2 rings (SSSR count). The summed E-state index contributed by atoms with van der Waals surface area (Å²) in [7, 11) is 0. The van der Waals surface area contributed by atoms with Crippen LogP contribution in [0.5, 0.6) is 5.75 Å². The average molecular weight is 359 g/mol. The number of benzene rings is 1. The fraction of sp³-hybridized carbons (Fsp3) is 0.400. The zero-order chi connectivity index (χ0) is 17.1. The molecule has 23 heavy (non-hydrogen) atoms. The van der Waals surface area contributed by atoms with Crippen molar-refractivity contribution in [3.8, 4) is 5.75 Å². The number of halogens is 2. The summed E-state index contributed by atoms with van der Waals surface area (Å²) in [5.74, 6) is -1.29. The van der Waals surface area contributed by atoms with Crippen LogP contribution in [0.3, 0.4) is 0 Å². The molecular formula is C15H16Cl2N2O4. The molecule has 0 aliphatic carbocycles. The van der Waals surface area contributed by atoms with E-state index in [1.54, 1.807) is 18.2 Å². The highest BCUT2D eigenvalue weighted by molar-refractivity contribution is 6.44. The number of nitrogens with zero attached hydrogens (tertiary/aromatic N) is 2. The number of hydrogen-bond acceptors (Lipinski definition) is 4. The standard InChI is InChI=1S/C15H16Cl2N2O4/c1-9(2)8-19-14(21)13(20)18(15(19)22)6-7-23-12-10(16)4-3-5-11(12)17/h3-5,9H,6-8H2,1-2H3. The number of rotatable bonds is 6. The fourth-order valence-corrected chi connectivity index (χ4v) is 2.64. The summed E-state index contributed by atoms with van der Waals surface area (Å²) in [6.07, 6.45) is 0. The third-order valence-corrected chi connectivity index (χ3v) is 3.76. The molecule has 124 valence electrons. The van der Waals surface area contributed by atoms with Crippen LogP contribution in [0, 0.1) is 5.92 Å². The number of amides is 4. The Labute approximate surface area is 143 Å². The van der Waals surface area contributed by atoms with Crippen LogP contribution in [0.2, 0.25) is 10.0 Å². The maximum absolute atomic E-state index is 12.1. The number of para-hydroxylation sites is 1. The van der Waals surface area contributed by atoms with E-state index in [0.29, 0.717) is 10.0 Å². The van der Waals surface area contributed by atoms with Crippen LogP contribution in [-0.4, -0.2) is 47.3 Å². The van der Waals surface area contributed by atoms with E-state index in [2.05, 4.69) is 0 Å². The molecule has 1 aromatic carbocycles. The van der Waals surface area contributed by atoms with E-state index < -0.39 is 17.8 Å². The summed E-state index contributed by atoms with van der Waals surface area (Å²) in [5, 5.41) is 0.656. The summed E-state index contributed by atoms with van der Waals surface area (Å²) >= 11 is 11.9. The molecule has 0 radical (unpaired) electrons. The molecule has 0 atom stereocenters. The van der Waals surface area contributed by atoms with Gasteiger partial charge >= 0.3 is 17.8 Å². The molecule has 6 nitrogen and oxygen atoms in total. The van der Waals surface area contributed by atoms with E-state index in [1.807, 2.05) is 13.8 Å². The summed E-state index contributed by atoms with van der Waals surface area (Å²) < 4.78 is 5.44. The summed E-state index contributed by atoms with van der Waals surface area (Å²) in [6.45, 7) is 3.85. The van der Waals surface area contributed by atoms with Crippen LogP contribution in [0.4, 0.5) is 4.79 Å². The van der Waals surface area contributed by atoms with Crippen LogP contribution in [0.15, 0.2) is 18.2 Å². The first-order valence-corrected chi connectivity index (χ1v) is 7.82. The average Bonchev–Trinajstić information content (AvgIpc) is 2.67. The normalized spacial score (nSPS) is 15.1. The van der Waals surface area contributed by atoms with Gasteiger partial charge in [0, 0.05) is 6.54 Å². The third kappa shape index (κ3) is 3.76. The van der Waals surface area contributed by atoms with E-state index >= 15 is 0 Å². The Morgan fingerprint density at radius 2 is 1.61 bits per heavy atom. The van der Waals surface area contributed by atoms with E-state index in [1.165, 1.54) is 0 Å². The van der Waals surface area contributed by atoms with E-state index in [-0.39, 0.29) is 31.4 Å². The zero-order valence-electron chi connectivity index (χ0n) is 12.7. The van der Waals surface area contributed by atoms with Crippen LogP contribution in [0.1, 0.15) is 13.8 Å². The fourth-order valence-electron chi connectivity index (χ4n) is 2.13. The summed E-state index contributed by atoms with van der Waals surface area (Å²) in [4.78, 5) is 37.7. The molecule has 0 saturated carbocycles. The van der Waals surface area contributed by atoms with Gasteiger partial charge in [0.2, 0.25) is 0 Å². The minimum atomic E-state index is -0.843. The molecule has 4 amide bonds. The predicted molar refractivity (Wildman–Crippen MR) is 85.6 cm³/mol. The molecule has 1 saturated heterocycles. The lowest BCUT2D eigenvalue weighted by Gasteiger charge is -2.17. The Morgan fingerprint density at radius 3 is 2.17 bits per heavy atom. The largest absolute Gasteiger partial charge is 0.489 e. The Bertz CT molecular complexity index is 628. The molecule has 1 aliphatic rings. The first-order valence-electron chi connectivity index (χ1n) is 7.07. The lowest BCUT2D eigenvalue weighted by molar-refractivity contribution is -0.143. The summed E-state index contributed by atoms with van der Waals surface area (Å²) in [5.41, 5.74) is 0. The number of imide groups is 2. The van der Waals surface area contributed by atoms with Crippen molar-refractivity contribution >= 4 is 41.0 Å². The smallest absolute Gasteiger partial charge is 0.334 e. The van der Waals surface area contributed by atoms with Gasteiger partial charge in [-0.25, -0.2) is 4.79 Å². The number of urea groups is 1. The van der Waals surface area contributed by atoms with E-state index in [9.17, 15) is 14.4 Å². The molecule has 1 fully saturated rings. The second-order valence-corrected chi connectivity index (χ2v) is 6.26. The van der Waals surface area contributed by atoms with E-state index in [4.69, 9.17) is 27.9 Å². The van der Waals surface area contributed by atoms with Crippen molar-refractivity contribution in [1.82, 2.24) is 9.80 Å². The number of ether oxygens (including phenoxy) is 1. The van der Waals surface area contributed by atoms with Gasteiger partial charge in [-0.3, -0.25) is 19.4 Å². The highest BCUT2D eigenvalue weighted by Crippen LogP contribution is 2.32. The Hall–Kier alpha value is -1.79. The molecule has 0 spiro atoms. The van der Waals surface area contributed by atoms with Gasteiger partial charge in [-0.05, 0) is 18.1 Å². The quantitative estimate of drug-likeness (QED) is 0.579. The maximum Gasteiger partial charge on any atom is 0.334 e. The van der Waals surface area contributed by atoms with Gasteiger partial charge in [-0.2, -0.15) is 0 Å². The number of hydrogen-bond donors (Lipinski definition) is 0. The lowest BCUT2D eigenvalue weighted by Crippen LogP contribution is -2.37. The first kappa shape index (κ1) is 17.6. The van der Waals surface area contributed by atoms with Gasteiger partial charge in [0.15, 0.2) is 5.75 Å². The molecule has 0 aromatic heterocycles. The van der Waals surface area contributed by atoms with Crippen molar-refractivity contribution in [2.24, 2.45) is 5.92 Å². The molecule has 1 heterocycles. The molecule has 1 aromatic rings. The number of carbonyl (C=O) groups is 3. The topological polar surface area (TPSA) is 66.9 Å². The molecule has 0 N–H and O–H groups in total. The van der Waals surface area contributed by atoms with Crippen molar-refractivity contribution in [3.05, 3.63) is 28.2 Å². The molecular weight excluding hydrogens is 343 g/mol. The Kier molecular flexibility index (Phi) is 5.49. The van der Waals surface area contributed by atoms with Crippen molar-refractivity contribution < 1.29 is 19.1 Å². The van der Waals surface area contributed by atoms with Crippen molar-refractivity contribution in [2.45, 2.75) is 13.8 Å². The van der Waals surface area contributed by atoms with Gasteiger partial charge < -0.3 is 4.74 Å². The molecule has 1 aliphatic heterocycles. The van der Waals surface area contributed by atoms with Crippen LogP contribution in [-0.2, 0) is 9.59 Å². The Morgan fingerprint density at radius 1 is 1.04 bits per heavy atom. The van der Waals surface area contributed by atoms with Gasteiger partial charge in [0.25, 0.3) is 0 Å². The molecule has 8 heteroatoms. The second kappa shape index (κ2) is 7.19. The van der Waals surface area contributed by atoms with Crippen LogP contribution >= 0.6 is 23.2 Å². The van der Waals surface area contributed by atoms with Crippen LogP contribution < -0.4 is 4.74 Å². The van der Waals surface area contributed by atoms with Crippen molar-refractivity contribution in [3.63, 3.8) is 0 Å². The SMILES string of the molecule is CC(C)CN1C(=O)C(=O)N(CCOc2c(Cl)cccc2Cl)C1=O. The van der Waals surface area contributed by atoms with Gasteiger partial charge in [0.05, 0.1) is 16.6 Å². The first-order chi connectivity index (χ1) is 10.8. The third-order valence-electron chi connectivity index (χ3n) is 3.16. The highest BCUT2D eigenvalue weighted by Gasteiger charge is 2.44. The van der Waals surface area contributed by atoms with Crippen LogP contribution in [0.25, 0.3) is 0 Å². The summed E-state index contributed by atoms with van der Waals surface area (Å²) in [6, 6.07) is 4.28. The van der Waals surface area contributed by atoms with Gasteiger partial charge in [-0.1, -0.05) is 43.1 Å². The zero-order valence-corrected chi connectivity index (χ0v) is 14.2. The predicted octanol–water partition coefficient (Wildman–Crippen LogP) is 2.82. The highest BCUT2D eigenvalue weighted by atomic mass is 35.5. The van der Waals surface area contributed by atoms with E-state index in [0.717, 1.165) is 9.80 Å². The monoisotopic (exact) mass is 358 g/mol. The van der Waals surface area contributed by atoms with Crippen molar-refractivity contribution in [1.29, 1.82) is 0 Å². The van der Waals surface area contributed by atoms with Crippen molar-refractivity contribution in [2.75, 3.05) is 19.7 Å². The number of carbonyl (C=O) groups excluding carboxylic acids is 3. The van der Waals surface area contributed by atoms with Gasteiger partial charge in [-0.15, -0.1) is 0 Å². The maximum atomic E-state index is 12.1. The molecule has 0 unspecified atom stereocenters. The lowest BCUT2D eigenvalue weighted by atomic mass is 10.2. The minimum absolute atomic E-state index is 0.0102. The minimum Gasteiger partial charge on any atom is -0.489 e.